The number of fused-ring (bicyclic) bond motifs is 1. The summed E-state index contributed by atoms with van der Waals surface area (Å²) in [6.45, 7) is 1.93. The molecule has 4 aromatic rings. The fourth-order valence-corrected chi connectivity index (χ4v) is 3.27. The lowest BCUT2D eigenvalue weighted by Crippen LogP contribution is -2.13. The number of hydrogen-bond acceptors (Lipinski definition) is 9. The van der Waals surface area contributed by atoms with E-state index < -0.39 is 5.97 Å². The fraction of sp³-hybridized carbons (Fsp3) is 0.143. The van der Waals surface area contributed by atoms with Crippen molar-refractivity contribution in [2.75, 3.05) is 18.2 Å². The summed E-state index contributed by atoms with van der Waals surface area (Å²) in [5.41, 5.74) is 1.22. The van der Waals surface area contributed by atoms with E-state index >= 15 is 0 Å². The average molecular weight is 431 g/mol. The smallest absolute Gasteiger partial charge is 0.343 e. The molecule has 0 fully saturated rings. The highest BCUT2D eigenvalue weighted by Crippen LogP contribution is 2.26. The first-order chi connectivity index (χ1) is 15.1. The number of hydrogen-bond donors (Lipinski definition) is 1. The predicted octanol–water partition coefficient (Wildman–Crippen LogP) is 3.72. The SMILES string of the molecule is CCOC(=O)c1cnc(SC)nc1Nc1c(C#N)cnn1-c1ccc2ccccc2n1. The molecule has 0 saturated carbocycles. The minimum atomic E-state index is -0.564. The summed E-state index contributed by atoms with van der Waals surface area (Å²) < 4.78 is 6.62. The van der Waals surface area contributed by atoms with Gasteiger partial charge in [0.2, 0.25) is 0 Å². The van der Waals surface area contributed by atoms with Gasteiger partial charge in [0.1, 0.15) is 17.2 Å². The molecule has 0 aliphatic carbocycles. The molecule has 0 amide bonds. The van der Waals surface area contributed by atoms with E-state index in [1.807, 2.05) is 36.6 Å². The van der Waals surface area contributed by atoms with E-state index in [0.29, 0.717) is 16.8 Å². The van der Waals surface area contributed by atoms with Crippen LogP contribution in [0.5, 0.6) is 0 Å². The molecule has 1 aromatic carbocycles. The molecule has 1 N–H and O–H groups in total. The molecule has 0 radical (unpaired) electrons. The molecule has 4 rings (SSSR count). The third-order valence-electron chi connectivity index (χ3n) is 4.37. The van der Waals surface area contributed by atoms with Crippen molar-refractivity contribution in [2.24, 2.45) is 0 Å². The first-order valence-corrected chi connectivity index (χ1v) is 10.6. The topological polar surface area (TPSA) is 119 Å². The largest absolute Gasteiger partial charge is 0.462 e. The van der Waals surface area contributed by atoms with Crippen LogP contribution in [0, 0.1) is 11.3 Å². The number of anilines is 2. The molecule has 0 atom stereocenters. The van der Waals surface area contributed by atoms with Crippen LogP contribution in [0.4, 0.5) is 11.6 Å². The molecule has 9 nitrogen and oxygen atoms in total. The summed E-state index contributed by atoms with van der Waals surface area (Å²) in [6, 6.07) is 13.5. The highest BCUT2D eigenvalue weighted by molar-refractivity contribution is 7.98. The molecule has 0 aliphatic rings. The Morgan fingerprint density at radius 2 is 2.06 bits per heavy atom. The predicted molar refractivity (Wildman–Crippen MR) is 117 cm³/mol. The second kappa shape index (κ2) is 8.81. The molecule has 3 heterocycles. The van der Waals surface area contributed by atoms with Crippen LogP contribution in [-0.4, -0.2) is 43.6 Å². The van der Waals surface area contributed by atoms with Gasteiger partial charge in [-0.2, -0.15) is 15.0 Å². The maximum atomic E-state index is 12.4. The highest BCUT2D eigenvalue weighted by Gasteiger charge is 2.20. The molecule has 3 aromatic heterocycles. The van der Waals surface area contributed by atoms with Gasteiger partial charge in [-0.15, -0.1) is 0 Å². The summed E-state index contributed by atoms with van der Waals surface area (Å²) >= 11 is 1.33. The molecule has 31 heavy (non-hydrogen) atoms. The van der Waals surface area contributed by atoms with Crippen molar-refractivity contribution in [3.63, 3.8) is 0 Å². The van der Waals surface area contributed by atoms with E-state index in [1.165, 1.54) is 28.8 Å². The number of esters is 1. The Balaban J connectivity index is 1.81. The number of carbonyl (C=O) groups excluding carboxylic acids is 1. The van der Waals surface area contributed by atoms with Gasteiger partial charge in [0, 0.05) is 11.6 Å². The van der Waals surface area contributed by atoms with E-state index in [0.717, 1.165) is 10.9 Å². The normalized spacial score (nSPS) is 10.6. The zero-order valence-corrected chi connectivity index (χ0v) is 17.6. The quantitative estimate of drug-likeness (QED) is 0.277. The van der Waals surface area contributed by atoms with E-state index in [2.05, 4.69) is 31.4 Å². The summed E-state index contributed by atoms with van der Waals surface area (Å²) in [5, 5.41) is 18.4. The van der Waals surface area contributed by atoms with Crippen molar-refractivity contribution >= 4 is 40.3 Å². The first kappa shape index (κ1) is 20.3. The minimum Gasteiger partial charge on any atom is -0.462 e. The molecule has 0 saturated heterocycles. The minimum absolute atomic E-state index is 0.155. The van der Waals surface area contributed by atoms with Gasteiger partial charge in [0.15, 0.2) is 22.6 Å². The maximum absolute atomic E-state index is 12.4. The molecular formula is C21H17N7O2S. The Hall–Kier alpha value is -3.97. The van der Waals surface area contributed by atoms with Gasteiger partial charge in [0.25, 0.3) is 0 Å². The van der Waals surface area contributed by atoms with Crippen LogP contribution in [0.3, 0.4) is 0 Å². The number of carbonyl (C=O) groups is 1. The number of rotatable bonds is 6. The van der Waals surface area contributed by atoms with Crippen molar-refractivity contribution < 1.29 is 9.53 Å². The second-order valence-corrected chi connectivity index (χ2v) is 7.03. The van der Waals surface area contributed by atoms with Crippen LogP contribution < -0.4 is 5.32 Å². The van der Waals surface area contributed by atoms with Gasteiger partial charge >= 0.3 is 5.97 Å². The highest BCUT2D eigenvalue weighted by atomic mass is 32.2. The Bertz CT molecular complexity index is 1310. The maximum Gasteiger partial charge on any atom is 0.343 e. The van der Waals surface area contributed by atoms with Crippen LogP contribution >= 0.6 is 11.8 Å². The lowest BCUT2D eigenvalue weighted by atomic mass is 10.2. The van der Waals surface area contributed by atoms with E-state index in [-0.39, 0.29) is 23.6 Å². The van der Waals surface area contributed by atoms with Crippen LogP contribution in [0.15, 0.2) is 53.9 Å². The monoisotopic (exact) mass is 431 g/mol. The molecule has 0 bridgehead atoms. The number of benzene rings is 1. The Morgan fingerprint density at radius 1 is 1.23 bits per heavy atom. The van der Waals surface area contributed by atoms with Crippen molar-refractivity contribution in [1.29, 1.82) is 5.26 Å². The van der Waals surface area contributed by atoms with Crippen molar-refractivity contribution in [3.05, 3.63) is 59.9 Å². The zero-order valence-electron chi connectivity index (χ0n) is 16.7. The van der Waals surface area contributed by atoms with E-state index in [4.69, 9.17) is 4.74 Å². The van der Waals surface area contributed by atoms with Crippen molar-refractivity contribution in [3.8, 4) is 11.9 Å². The summed E-state index contributed by atoms with van der Waals surface area (Å²) in [7, 11) is 0. The molecule has 10 heteroatoms. The summed E-state index contributed by atoms with van der Waals surface area (Å²) in [6.07, 6.45) is 4.66. The third kappa shape index (κ3) is 4.04. The standard InChI is InChI=1S/C21H17N7O2S/c1-3-30-20(29)15-12-23-21(31-2)27-18(15)26-19-14(10-22)11-24-28(19)17-9-8-13-6-4-5-7-16(13)25-17/h4-9,11-12H,3H2,1-2H3,(H,23,26,27). The Kier molecular flexibility index (Phi) is 5.77. The second-order valence-electron chi connectivity index (χ2n) is 6.26. The average Bonchev–Trinajstić information content (AvgIpc) is 3.21. The molecule has 154 valence electrons. The number of nitrogens with zero attached hydrogens (tertiary/aromatic N) is 6. The van der Waals surface area contributed by atoms with Gasteiger partial charge in [0.05, 0.1) is 18.3 Å². The van der Waals surface area contributed by atoms with Gasteiger partial charge < -0.3 is 10.1 Å². The van der Waals surface area contributed by atoms with Gasteiger partial charge in [-0.25, -0.2) is 19.7 Å². The molecule has 0 spiro atoms. The Morgan fingerprint density at radius 3 is 2.84 bits per heavy atom. The van der Waals surface area contributed by atoms with Crippen LogP contribution in [0.2, 0.25) is 0 Å². The number of ether oxygens (including phenoxy) is 1. The van der Waals surface area contributed by atoms with Crippen molar-refractivity contribution in [1.82, 2.24) is 24.7 Å². The lowest BCUT2D eigenvalue weighted by Gasteiger charge is -2.13. The molecular weight excluding hydrogens is 414 g/mol. The molecule has 0 aliphatic heterocycles. The zero-order chi connectivity index (χ0) is 21.8. The van der Waals surface area contributed by atoms with Crippen LogP contribution in [0.25, 0.3) is 16.7 Å². The first-order valence-electron chi connectivity index (χ1n) is 9.34. The summed E-state index contributed by atoms with van der Waals surface area (Å²) in [4.78, 5) is 25.6. The third-order valence-corrected chi connectivity index (χ3v) is 4.93. The van der Waals surface area contributed by atoms with Crippen molar-refractivity contribution in [2.45, 2.75) is 12.1 Å². The Labute approximate surface area is 182 Å². The van der Waals surface area contributed by atoms with Gasteiger partial charge in [-0.3, -0.25) is 0 Å². The van der Waals surface area contributed by atoms with E-state index in [9.17, 15) is 10.1 Å². The van der Waals surface area contributed by atoms with E-state index in [1.54, 1.807) is 13.0 Å². The van der Waals surface area contributed by atoms with Gasteiger partial charge in [-0.1, -0.05) is 30.0 Å². The van der Waals surface area contributed by atoms with Crippen LogP contribution in [-0.2, 0) is 4.74 Å². The fourth-order valence-electron chi connectivity index (χ4n) is 2.93. The van der Waals surface area contributed by atoms with Crippen LogP contribution in [0.1, 0.15) is 22.8 Å². The number of thioether (sulfide) groups is 1. The summed E-state index contributed by atoms with van der Waals surface area (Å²) in [5.74, 6) is 0.504. The number of nitrogens with one attached hydrogen (secondary N) is 1. The lowest BCUT2D eigenvalue weighted by molar-refractivity contribution is 0.0526. The number of aromatic nitrogens is 5. The molecule has 0 unspecified atom stereocenters. The number of pyridine rings is 1. The number of para-hydroxylation sites is 1. The number of nitriles is 1. The van der Waals surface area contributed by atoms with Gasteiger partial charge in [-0.05, 0) is 31.4 Å².